The number of aliphatic carboxylic acids is 1. The van der Waals surface area contributed by atoms with Crippen LogP contribution >= 0.6 is 0 Å². The number of likely N-dealkylation sites (tertiary alicyclic amines) is 1. The first-order valence-corrected chi connectivity index (χ1v) is 13.7. The SMILES string of the molecule is COc1ccc2nccc(C(O)CC[C@@H]3CCN(CCCCc4ccc(F)cc4)C[C@@H]3CCC(=O)O)c2c1. The Hall–Kier alpha value is -3.03. The van der Waals surface area contributed by atoms with E-state index in [1.165, 1.54) is 12.1 Å². The number of fused-ring (bicyclic) bond motifs is 1. The number of carbonyl (C=O) groups is 1. The lowest BCUT2D eigenvalue weighted by atomic mass is 9.79. The molecule has 0 amide bonds. The van der Waals surface area contributed by atoms with Crippen molar-refractivity contribution < 1.29 is 24.1 Å². The van der Waals surface area contributed by atoms with Gasteiger partial charge in [0.1, 0.15) is 11.6 Å². The highest BCUT2D eigenvalue weighted by molar-refractivity contribution is 5.83. The summed E-state index contributed by atoms with van der Waals surface area (Å²) < 4.78 is 18.5. The molecule has 38 heavy (non-hydrogen) atoms. The lowest BCUT2D eigenvalue weighted by Gasteiger charge is -2.39. The average molecular weight is 523 g/mol. The average Bonchev–Trinajstić information content (AvgIpc) is 2.93. The summed E-state index contributed by atoms with van der Waals surface area (Å²) in [5, 5.41) is 21.3. The fourth-order valence-electron chi connectivity index (χ4n) is 5.78. The van der Waals surface area contributed by atoms with Crippen molar-refractivity contribution in [2.45, 2.75) is 57.5 Å². The van der Waals surface area contributed by atoms with Crippen molar-refractivity contribution in [2.24, 2.45) is 11.8 Å². The molecule has 3 aromatic rings. The molecule has 0 bridgehead atoms. The van der Waals surface area contributed by atoms with Crippen LogP contribution in [0.1, 0.15) is 62.2 Å². The summed E-state index contributed by atoms with van der Waals surface area (Å²) in [5.41, 5.74) is 2.84. The molecule has 7 heteroatoms. The van der Waals surface area contributed by atoms with Gasteiger partial charge in [-0.1, -0.05) is 12.1 Å². The highest BCUT2D eigenvalue weighted by Gasteiger charge is 2.30. The number of pyridine rings is 1. The highest BCUT2D eigenvalue weighted by Crippen LogP contribution is 2.35. The number of hydrogen-bond acceptors (Lipinski definition) is 5. The van der Waals surface area contributed by atoms with Crippen LogP contribution in [0.5, 0.6) is 5.75 Å². The Morgan fingerprint density at radius 2 is 1.95 bits per heavy atom. The maximum Gasteiger partial charge on any atom is 0.303 e. The van der Waals surface area contributed by atoms with Crippen LogP contribution in [0, 0.1) is 17.7 Å². The van der Waals surface area contributed by atoms with Crippen LogP contribution in [0.4, 0.5) is 4.39 Å². The van der Waals surface area contributed by atoms with Gasteiger partial charge in [0.2, 0.25) is 0 Å². The molecule has 1 aliphatic heterocycles. The number of carboxylic acids is 1. The molecule has 3 atom stereocenters. The first kappa shape index (κ1) is 28.0. The molecule has 1 aromatic heterocycles. The zero-order valence-corrected chi connectivity index (χ0v) is 22.2. The molecule has 4 rings (SSSR count). The van der Waals surface area contributed by atoms with E-state index in [-0.39, 0.29) is 12.2 Å². The fourth-order valence-corrected chi connectivity index (χ4v) is 5.78. The van der Waals surface area contributed by atoms with E-state index in [1.807, 2.05) is 36.4 Å². The summed E-state index contributed by atoms with van der Waals surface area (Å²) in [5.74, 6) is 0.474. The van der Waals surface area contributed by atoms with E-state index in [4.69, 9.17) is 4.74 Å². The molecule has 2 N–H and O–H groups in total. The number of hydrogen-bond donors (Lipinski definition) is 2. The van der Waals surface area contributed by atoms with Crippen molar-refractivity contribution in [3.63, 3.8) is 0 Å². The number of rotatable bonds is 13. The number of aliphatic hydroxyl groups excluding tert-OH is 1. The van der Waals surface area contributed by atoms with Crippen molar-refractivity contribution in [2.75, 3.05) is 26.7 Å². The summed E-state index contributed by atoms with van der Waals surface area (Å²) >= 11 is 0. The van der Waals surface area contributed by atoms with Crippen LogP contribution in [-0.4, -0.2) is 52.8 Å². The van der Waals surface area contributed by atoms with Crippen LogP contribution < -0.4 is 4.74 Å². The Morgan fingerprint density at radius 3 is 2.71 bits per heavy atom. The molecule has 204 valence electrons. The highest BCUT2D eigenvalue weighted by atomic mass is 19.1. The number of aromatic nitrogens is 1. The summed E-state index contributed by atoms with van der Waals surface area (Å²) in [6.45, 7) is 2.89. The van der Waals surface area contributed by atoms with Crippen LogP contribution in [0.3, 0.4) is 0 Å². The van der Waals surface area contributed by atoms with Gasteiger partial charge in [-0.05, 0) is 117 Å². The molecule has 6 nitrogen and oxygen atoms in total. The Kier molecular flexibility index (Phi) is 10.1. The second kappa shape index (κ2) is 13.7. The topological polar surface area (TPSA) is 82.9 Å². The van der Waals surface area contributed by atoms with Crippen LogP contribution in [0.25, 0.3) is 10.9 Å². The summed E-state index contributed by atoms with van der Waals surface area (Å²) in [7, 11) is 1.63. The number of unbranched alkanes of at least 4 members (excludes halogenated alkanes) is 1. The molecular weight excluding hydrogens is 483 g/mol. The molecule has 1 unspecified atom stereocenters. The van der Waals surface area contributed by atoms with Gasteiger partial charge < -0.3 is 19.8 Å². The Balaban J connectivity index is 1.31. The van der Waals surface area contributed by atoms with Gasteiger partial charge in [0.25, 0.3) is 0 Å². The van der Waals surface area contributed by atoms with Gasteiger partial charge in [0.05, 0.1) is 18.7 Å². The minimum Gasteiger partial charge on any atom is -0.497 e. The van der Waals surface area contributed by atoms with Crippen LogP contribution in [-0.2, 0) is 11.2 Å². The van der Waals surface area contributed by atoms with Gasteiger partial charge in [0, 0.05) is 24.5 Å². The third-order valence-electron chi connectivity index (χ3n) is 7.96. The van der Waals surface area contributed by atoms with Gasteiger partial charge in [-0.3, -0.25) is 9.78 Å². The maximum atomic E-state index is 13.1. The normalized spacial score (nSPS) is 18.9. The third kappa shape index (κ3) is 7.74. The summed E-state index contributed by atoms with van der Waals surface area (Å²) in [6.07, 6.45) is 7.50. The van der Waals surface area contributed by atoms with E-state index in [0.29, 0.717) is 24.7 Å². The van der Waals surface area contributed by atoms with Crippen LogP contribution in [0.2, 0.25) is 0 Å². The summed E-state index contributed by atoms with van der Waals surface area (Å²) in [4.78, 5) is 18.2. The Bertz CT molecular complexity index is 1190. The fraction of sp³-hybridized carbons (Fsp3) is 0.484. The standard InChI is InChI=1S/C31H39FN2O4/c1-38-26-11-12-29-28(20-26)27(15-17-33-29)30(35)13-7-23-16-19-34(21-24(23)8-14-31(36)37)18-3-2-4-22-5-9-25(32)10-6-22/h5-6,9-12,15,17,20,23-24,30,35H,2-4,7-8,13-14,16,18-19,21H2,1H3,(H,36,37)/t23-,24+,30?/m1/s1. The molecular formula is C31H39FN2O4. The molecule has 1 saturated heterocycles. The smallest absolute Gasteiger partial charge is 0.303 e. The van der Waals surface area contributed by atoms with E-state index in [9.17, 15) is 19.4 Å². The van der Waals surface area contributed by atoms with Gasteiger partial charge in [0.15, 0.2) is 0 Å². The molecule has 0 spiro atoms. The predicted octanol–water partition coefficient (Wildman–Crippen LogP) is 6.02. The van der Waals surface area contributed by atoms with Crippen molar-refractivity contribution >= 4 is 16.9 Å². The number of aryl methyl sites for hydroxylation is 1. The molecule has 1 aliphatic rings. The van der Waals surface area contributed by atoms with E-state index in [2.05, 4.69) is 9.88 Å². The lowest BCUT2D eigenvalue weighted by molar-refractivity contribution is -0.137. The second-order valence-electron chi connectivity index (χ2n) is 10.5. The molecule has 0 aliphatic carbocycles. The number of ether oxygens (including phenoxy) is 1. The van der Waals surface area contributed by atoms with Gasteiger partial charge in [-0.15, -0.1) is 0 Å². The van der Waals surface area contributed by atoms with Gasteiger partial charge in [-0.2, -0.15) is 0 Å². The first-order chi connectivity index (χ1) is 18.4. The quantitative estimate of drug-likeness (QED) is 0.267. The van der Waals surface area contributed by atoms with Crippen LogP contribution in [0.15, 0.2) is 54.7 Å². The molecule has 0 saturated carbocycles. The summed E-state index contributed by atoms with van der Waals surface area (Å²) in [6, 6.07) is 14.3. The molecule has 2 heterocycles. The zero-order valence-electron chi connectivity index (χ0n) is 22.2. The van der Waals surface area contributed by atoms with Gasteiger partial charge in [-0.25, -0.2) is 4.39 Å². The first-order valence-electron chi connectivity index (χ1n) is 13.7. The van der Waals surface area contributed by atoms with Gasteiger partial charge >= 0.3 is 5.97 Å². The van der Waals surface area contributed by atoms with Crippen molar-refractivity contribution in [1.82, 2.24) is 9.88 Å². The lowest BCUT2D eigenvalue weighted by Crippen LogP contribution is -2.41. The maximum absolute atomic E-state index is 13.1. The molecule has 1 fully saturated rings. The number of carboxylic acid groups (broad SMARTS) is 1. The number of benzene rings is 2. The number of methoxy groups -OCH3 is 1. The van der Waals surface area contributed by atoms with Crippen molar-refractivity contribution in [3.05, 3.63) is 71.7 Å². The number of halogens is 1. The Labute approximate surface area is 224 Å². The Morgan fingerprint density at radius 1 is 1.13 bits per heavy atom. The van der Waals surface area contributed by atoms with E-state index < -0.39 is 12.1 Å². The monoisotopic (exact) mass is 522 g/mol. The zero-order chi connectivity index (χ0) is 26.9. The van der Waals surface area contributed by atoms with Crippen molar-refractivity contribution in [1.29, 1.82) is 0 Å². The molecule has 2 aromatic carbocycles. The van der Waals surface area contributed by atoms with E-state index >= 15 is 0 Å². The third-order valence-corrected chi connectivity index (χ3v) is 7.96. The largest absolute Gasteiger partial charge is 0.497 e. The minimum atomic E-state index is -0.752. The van der Waals surface area contributed by atoms with E-state index in [1.54, 1.807) is 13.3 Å². The number of nitrogens with zero attached hydrogens (tertiary/aromatic N) is 2. The number of aliphatic hydroxyl groups is 1. The predicted molar refractivity (Wildman–Crippen MR) is 147 cm³/mol. The van der Waals surface area contributed by atoms with Crippen molar-refractivity contribution in [3.8, 4) is 5.75 Å². The number of piperidine rings is 1. The van der Waals surface area contributed by atoms with E-state index in [0.717, 1.165) is 79.5 Å². The molecule has 0 radical (unpaired) electrons. The minimum absolute atomic E-state index is 0.177. The second-order valence-corrected chi connectivity index (χ2v) is 10.5.